The molecule has 0 fully saturated rings. The molecular formula is C11H11Cl2N3. The quantitative estimate of drug-likeness (QED) is 0.897. The molecule has 84 valence electrons. The molecule has 0 bridgehead atoms. The Hall–Kier alpha value is -1.03. The summed E-state index contributed by atoms with van der Waals surface area (Å²) in [6.07, 6.45) is 3.63. The summed E-state index contributed by atoms with van der Waals surface area (Å²) in [4.78, 5) is 0. The Morgan fingerprint density at radius 3 is 2.56 bits per heavy atom. The van der Waals surface area contributed by atoms with E-state index >= 15 is 0 Å². The van der Waals surface area contributed by atoms with Gasteiger partial charge >= 0.3 is 0 Å². The lowest BCUT2D eigenvalue weighted by molar-refractivity contribution is 0.765. The van der Waals surface area contributed by atoms with E-state index < -0.39 is 0 Å². The molecule has 5 heteroatoms. The van der Waals surface area contributed by atoms with E-state index in [9.17, 15) is 0 Å². The van der Waals surface area contributed by atoms with Crippen molar-refractivity contribution in [2.45, 2.75) is 6.04 Å². The number of hydrogen-bond donors (Lipinski definition) is 1. The van der Waals surface area contributed by atoms with Crippen LogP contribution in [0.2, 0.25) is 10.0 Å². The van der Waals surface area contributed by atoms with E-state index in [-0.39, 0.29) is 6.04 Å². The molecule has 0 radical (unpaired) electrons. The second-order valence-corrected chi connectivity index (χ2v) is 4.41. The van der Waals surface area contributed by atoms with Gasteiger partial charge in [-0.3, -0.25) is 4.68 Å². The minimum absolute atomic E-state index is 0.233. The maximum atomic E-state index is 6.09. The molecule has 0 aliphatic heterocycles. The van der Waals surface area contributed by atoms with Crippen molar-refractivity contribution < 1.29 is 0 Å². The van der Waals surface area contributed by atoms with E-state index in [0.717, 1.165) is 11.1 Å². The van der Waals surface area contributed by atoms with Crippen LogP contribution in [0.25, 0.3) is 0 Å². The van der Waals surface area contributed by atoms with Gasteiger partial charge in [0.2, 0.25) is 0 Å². The lowest BCUT2D eigenvalue weighted by atomic mass is 10.0. The van der Waals surface area contributed by atoms with Crippen LogP contribution in [0.4, 0.5) is 0 Å². The van der Waals surface area contributed by atoms with Crippen LogP contribution in [0.1, 0.15) is 17.2 Å². The van der Waals surface area contributed by atoms with Crippen molar-refractivity contribution in [1.82, 2.24) is 9.78 Å². The van der Waals surface area contributed by atoms with Crippen LogP contribution in [-0.2, 0) is 7.05 Å². The van der Waals surface area contributed by atoms with Gasteiger partial charge in [0.1, 0.15) is 0 Å². The van der Waals surface area contributed by atoms with Crippen molar-refractivity contribution in [2.75, 3.05) is 0 Å². The molecule has 0 aliphatic carbocycles. The molecule has 0 amide bonds. The largest absolute Gasteiger partial charge is 0.320 e. The number of rotatable bonds is 2. The van der Waals surface area contributed by atoms with Gasteiger partial charge in [-0.1, -0.05) is 29.3 Å². The molecule has 1 aromatic carbocycles. The predicted octanol–water partition coefficient (Wildman–Crippen LogP) is 2.78. The van der Waals surface area contributed by atoms with E-state index in [0.29, 0.717) is 10.0 Å². The molecular weight excluding hydrogens is 245 g/mol. The number of aryl methyl sites for hydroxylation is 1. The van der Waals surface area contributed by atoms with E-state index in [1.807, 2.05) is 19.3 Å². The summed E-state index contributed by atoms with van der Waals surface area (Å²) in [6, 6.07) is 5.16. The molecule has 1 heterocycles. The Kier molecular flexibility index (Phi) is 3.19. The lowest BCUT2D eigenvalue weighted by Crippen LogP contribution is -2.11. The number of nitrogens with zero attached hydrogens (tertiary/aromatic N) is 2. The zero-order valence-corrected chi connectivity index (χ0v) is 10.2. The van der Waals surface area contributed by atoms with Gasteiger partial charge in [-0.25, -0.2) is 0 Å². The monoisotopic (exact) mass is 255 g/mol. The molecule has 3 nitrogen and oxygen atoms in total. The number of benzene rings is 1. The number of aromatic nitrogens is 2. The van der Waals surface area contributed by atoms with Crippen molar-refractivity contribution in [1.29, 1.82) is 0 Å². The molecule has 1 aromatic heterocycles. The zero-order valence-electron chi connectivity index (χ0n) is 8.69. The third-order valence-corrected chi connectivity index (χ3v) is 3.13. The highest BCUT2D eigenvalue weighted by Crippen LogP contribution is 2.27. The topological polar surface area (TPSA) is 43.8 Å². The Bertz CT molecular complexity index is 508. The van der Waals surface area contributed by atoms with Crippen molar-refractivity contribution in [3.8, 4) is 0 Å². The summed E-state index contributed by atoms with van der Waals surface area (Å²) in [5.41, 5.74) is 7.96. The van der Waals surface area contributed by atoms with E-state index in [1.165, 1.54) is 0 Å². The number of hydrogen-bond acceptors (Lipinski definition) is 2. The second-order valence-electron chi connectivity index (χ2n) is 3.60. The van der Waals surface area contributed by atoms with Gasteiger partial charge in [-0.15, -0.1) is 0 Å². The predicted molar refractivity (Wildman–Crippen MR) is 65.7 cm³/mol. The molecule has 0 saturated heterocycles. The Balaban J connectivity index is 2.33. The third-order valence-electron chi connectivity index (χ3n) is 2.39. The van der Waals surface area contributed by atoms with Gasteiger partial charge in [-0.2, -0.15) is 5.10 Å². The maximum Gasteiger partial charge on any atom is 0.0595 e. The number of halogens is 2. The van der Waals surface area contributed by atoms with Gasteiger partial charge in [-0.05, 0) is 17.7 Å². The number of nitrogens with two attached hydrogens (primary N) is 1. The average Bonchev–Trinajstić information content (AvgIpc) is 2.68. The highest BCUT2D eigenvalue weighted by molar-refractivity contribution is 6.42. The van der Waals surface area contributed by atoms with Gasteiger partial charge in [0.15, 0.2) is 0 Å². The Morgan fingerprint density at radius 2 is 2.00 bits per heavy atom. The molecule has 16 heavy (non-hydrogen) atoms. The summed E-state index contributed by atoms with van der Waals surface area (Å²) in [7, 11) is 1.85. The first-order chi connectivity index (χ1) is 7.58. The molecule has 0 saturated carbocycles. The fraction of sp³-hybridized carbons (Fsp3) is 0.182. The van der Waals surface area contributed by atoms with E-state index in [2.05, 4.69) is 5.10 Å². The minimum atomic E-state index is -0.233. The van der Waals surface area contributed by atoms with Crippen LogP contribution in [0, 0.1) is 0 Å². The van der Waals surface area contributed by atoms with Crippen molar-refractivity contribution in [3.63, 3.8) is 0 Å². The van der Waals surface area contributed by atoms with Crippen LogP contribution >= 0.6 is 23.2 Å². The SMILES string of the molecule is Cn1cc(C(N)c2ccc(Cl)c(Cl)c2)cn1. The Morgan fingerprint density at radius 1 is 1.25 bits per heavy atom. The standard InChI is InChI=1S/C11H11Cl2N3/c1-16-6-8(5-15-16)11(14)7-2-3-9(12)10(13)4-7/h2-6,11H,14H2,1H3. The van der Waals surface area contributed by atoms with Gasteiger partial charge in [0.05, 0.1) is 22.3 Å². The molecule has 1 unspecified atom stereocenters. The molecule has 2 N–H and O–H groups in total. The van der Waals surface area contributed by atoms with E-state index in [1.54, 1.807) is 23.0 Å². The molecule has 2 rings (SSSR count). The molecule has 1 atom stereocenters. The van der Waals surface area contributed by atoms with Crippen LogP contribution in [-0.4, -0.2) is 9.78 Å². The minimum Gasteiger partial charge on any atom is -0.320 e. The summed E-state index contributed by atoms with van der Waals surface area (Å²) < 4.78 is 1.71. The normalized spacial score (nSPS) is 12.8. The van der Waals surface area contributed by atoms with Crippen molar-refractivity contribution >= 4 is 23.2 Å². The van der Waals surface area contributed by atoms with Crippen LogP contribution < -0.4 is 5.73 Å². The van der Waals surface area contributed by atoms with Crippen LogP contribution in [0.5, 0.6) is 0 Å². The summed E-state index contributed by atoms with van der Waals surface area (Å²) >= 11 is 11.8. The molecule has 0 aliphatic rings. The summed E-state index contributed by atoms with van der Waals surface area (Å²) in [5, 5.41) is 5.12. The van der Waals surface area contributed by atoms with Gasteiger partial charge in [0, 0.05) is 18.8 Å². The second kappa shape index (κ2) is 4.45. The van der Waals surface area contributed by atoms with Crippen LogP contribution in [0.3, 0.4) is 0 Å². The van der Waals surface area contributed by atoms with Crippen molar-refractivity contribution in [3.05, 3.63) is 51.8 Å². The first kappa shape index (κ1) is 11.5. The van der Waals surface area contributed by atoms with E-state index in [4.69, 9.17) is 28.9 Å². The molecule has 0 spiro atoms. The van der Waals surface area contributed by atoms with Crippen LogP contribution in [0.15, 0.2) is 30.6 Å². The fourth-order valence-corrected chi connectivity index (χ4v) is 1.81. The van der Waals surface area contributed by atoms with Crippen molar-refractivity contribution in [2.24, 2.45) is 12.8 Å². The highest BCUT2D eigenvalue weighted by atomic mass is 35.5. The first-order valence-corrected chi connectivity index (χ1v) is 5.52. The smallest absolute Gasteiger partial charge is 0.0595 e. The first-order valence-electron chi connectivity index (χ1n) is 4.77. The summed E-state index contributed by atoms with van der Waals surface area (Å²) in [5.74, 6) is 0. The fourth-order valence-electron chi connectivity index (χ4n) is 1.50. The molecule has 2 aromatic rings. The highest BCUT2D eigenvalue weighted by Gasteiger charge is 2.11. The third kappa shape index (κ3) is 2.21. The van der Waals surface area contributed by atoms with Gasteiger partial charge < -0.3 is 5.73 Å². The summed E-state index contributed by atoms with van der Waals surface area (Å²) in [6.45, 7) is 0. The Labute approximate surface area is 104 Å². The maximum absolute atomic E-state index is 6.09. The van der Waals surface area contributed by atoms with Gasteiger partial charge in [0.25, 0.3) is 0 Å². The zero-order chi connectivity index (χ0) is 11.7. The lowest BCUT2D eigenvalue weighted by Gasteiger charge is -2.10. The average molecular weight is 256 g/mol.